The van der Waals surface area contributed by atoms with Crippen LogP contribution in [0.25, 0.3) is 11.1 Å². The number of halogens is 2. The predicted molar refractivity (Wildman–Crippen MR) is 137 cm³/mol. The van der Waals surface area contributed by atoms with E-state index in [-0.39, 0.29) is 30.2 Å². The Bertz CT molecular complexity index is 1260. The van der Waals surface area contributed by atoms with Gasteiger partial charge in [0.1, 0.15) is 23.4 Å². The lowest BCUT2D eigenvalue weighted by Crippen LogP contribution is -2.09. The van der Waals surface area contributed by atoms with Crippen molar-refractivity contribution in [1.29, 1.82) is 0 Å². The number of methoxy groups -OCH3 is 1. The van der Waals surface area contributed by atoms with E-state index in [1.165, 1.54) is 27.4 Å². The van der Waals surface area contributed by atoms with Crippen LogP contribution in [-0.4, -0.2) is 19.7 Å². The quantitative estimate of drug-likeness (QED) is 0.249. The van der Waals surface area contributed by atoms with Gasteiger partial charge in [-0.2, -0.15) is 0 Å². The van der Waals surface area contributed by atoms with Crippen LogP contribution in [0, 0.1) is 23.2 Å². The zero-order chi connectivity index (χ0) is 24.0. The fraction of sp³-hybridized carbons (Fsp3) is 0.321. The smallest absolute Gasteiger partial charge is 0.306 e. The first-order chi connectivity index (χ1) is 16.4. The molecule has 0 bridgehead atoms. The molecule has 0 aromatic heterocycles. The molecule has 3 aromatic carbocycles. The Morgan fingerprint density at radius 2 is 1.91 bits per heavy atom. The summed E-state index contributed by atoms with van der Waals surface area (Å²) in [5.74, 6) is 0.849. The molecular formula is C28H26FIO4. The molecule has 0 unspecified atom stereocenters. The summed E-state index contributed by atoms with van der Waals surface area (Å²) in [6.07, 6.45) is 1.41. The first-order valence-electron chi connectivity index (χ1n) is 11.4. The van der Waals surface area contributed by atoms with Crippen molar-refractivity contribution in [2.24, 2.45) is 0 Å². The molecule has 2 aliphatic rings. The number of carbonyl (C=O) groups is 1. The summed E-state index contributed by atoms with van der Waals surface area (Å²) in [5.41, 5.74) is 7.33. The van der Waals surface area contributed by atoms with Gasteiger partial charge in [-0.25, -0.2) is 4.39 Å². The molecule has 0 N–H and O–H groups in total. The van der Waals surface area contributed by atoms with E-state index in [1.54, 1.807) is 6.07 Å². The van der Waals surface area contributed by atoms with Crippen molar-refractivity contribution >= 4 is 28.6 Å². The molecule has 1 aliphatic heterocycles. The van der Waals surface area contributed by atoms with Crippen LogP contribution in [-0.2, 0) is 16.0 Å². The highest BCUT2D eigenvalue weighted by molar-refractivity contribution is 14.1. The summed E-state index contributed by atoms with van der Waals surface area (Å²) in [4.78, 5) is 11.7. The van der Waals surface area contributed by atoms with Gasteiger partial charge in [0, 0.05) is 26.7 Å². The summed E-state index contributed by atoms with van der Waals surface area (Å²) in [5, 5.41) is 0. The van der Waals surface area contributed by atoms with Gasteiger partial charge in [0.25, 0.3) is 0 Å². The number of fused-ring (bicyclic) bond motifs is 2. The van der Waals surface area contributed by atoms with Crippen LogP contribution < -0.4 is 9.47 Å². The van der Waals surface area contributed by atoms with Gasteiger partial charge in [-0.15, -0.1) is 0 Å². The maximum Gasteiger partial charge on any atom is 0.306 e. The number of esters is 1. The first-order valence-corrected chi connectivity index (χ1v) is 12.5. The molecule has 0 saturated carbocycles. The van der Waals surface area contributed by atoms with Gasteiger partial charge in [-0.3, -0.25) is 4.79 Å². The van der Waals surface area contributed by atoms with E-state index in [0.717, 1.165) is 23.1 Å². The fourth-order valence-corrected chi connectivity index (χ4v) is 6.24. The fourth-order valence-electron chi connectivity index (χ4n) is 5.31. The minimum atomic E-state index is -0.357. The third kappa shape index (κ3) is 4.17. The van der Waals surface area contributed by atoms with Crippen LogP contribution in [0.4, 0.5) is 4.39 Å². The molecule has 1 aliphatic carbocycles. The van der Waals surface area contributed by atoms with Crippen molar-refractivity contribution in [2.75, 3.05) is 13.7 Å². The molecule has 176 valence electrons. The monoisotopic (exact) mass is 572 g/mol. The lowest BCUT2D eigenvalue weighted by molar-refractivity contribution is -0.141. The molecule has 3 aromatic rings. The predicted octanol–water partition coefficient (Wildman–Crippen LogP) is 6.82. The number of ether oxygens (including phenoxy) is 3. The van der Waals surface area contributed by atoms with Crippen molar-refractivity contribution < 1.29 is 23.4 Å². The zero-order valence-electron chi connectivity index (χ0n) is 19.4. The maximum atomic E-state index is 15.1. The van der Waals surface area contributed by atoms with Crippen LogP contribution in [0.1, 0.15) is 52.7 Å². The minimum absolute atomic E-state index is 0.0240. The Balaban J connectivity index is 1.43. The van der Waals surface area contributed by atoms with Crippen LogP contribution in [0.5, 0.6) is 11.5 Å². The Hall–Kier alpha value is -2.61. The van der Waals surface area contributed by atoms with Crippen molar-refractivity contribution in [1.82, 2.24) is 0 Å². The van der Waals surface area contributed by atoms with E-state index in [0.29, 0.717) is 30.1 Å². The van der Waals surface area contributed by atoms with E-state index in [4.69, 9.17) is 14.2 Å². The number of benzene rings is 3. The highest BCUT2D eigenvalue weighted by atomic mass is 127. The standard InChI is InChI=1S/C28H26FIO4/c1-15-10-18(30)11-16(2)27(15)21-6-8-23(29)28-22(21)7-9-24(28)34-19-4-5-20-17(12-26(31)32-3)14-33-25(20)13-19/h4-6,8,10-11,13,17,24H,7,9,12,14H2,1-3H3/t17-,24-/m1/s1. The van der Waals surface area contributed by atoms with Gasteiger partial charge < -0.3 is 14.2 Å². The van der Waals surface area contributed by atoms with Gasteiger partial charge in [0.15, 0.2) is 0 Å². The lowest BCUT2D eigenvalue weighted by Gasteiger charge is -2.19. The molecule has 0 amide bonds. The highest BCUT2D eigenvalue weighted by Gasteiger charge is 2.32. The second-order valence-electron chi connectivity index (χ2n) is 9.03. The highest BCUT2D eigenvalue weighted by Crippen LogP contribution is 2.45. The Kier molecular flexibility index (Phi) is 6.27. The van der Waals surface area contributed by atoms with Gasteiger partial charge >= 0.3 is 5.97 Å². The van der Waals surface area contributed by atoms with E-state index in [9.17, 15) is 4.79 Å². The van der Waals surface area contributed by atoms with Crippen molar-refractivity contribution in [3.8, 4) is 22.6 Å². The second kappa shape index (κ2) is 9.21. The summed E-state index contributed by atoms with van der Waals surface area (Å²) >= 11 is 2.33. The number of carbonyl (C=O) groups excluding carboxylic acids is 1. The topological polar surface area (TPSA) is 44.8 Å². The average Bonchev–Trinajstić information content (AvgIpc) is 3.39. The lowest BCUT2D eigenvalue weighted by atomic mass is 9.90. The molecule has 1 heterocycles. The van der Waals surface area contributed by atoms with Crippen LogP contribution in [0.2, 0.25) is 0 Å². The SMILES string of the molecule is COC(=O)C[C@@H]1COc2cc(O[C@@H]3CCc4c(-c5c(C)cc(I)cc5C)ccc(F)c43)ccc21. The molecule has 6 heteroatoms. The molecule has 5 rings (SSSR count). The molecule has 2 atom stereocenters. The third-order valence-electron chi connectivity index (χ3n) is 6.83. The van der Waals surface area contributed by atoms with Crippen molar-refractivity contribution in [3.05, 3.63) is 79.7 Å². The third-order valence-corrected chi connectivity index (χ3v) is 7.46. The van der Waals surface area contributed by atoms with Gasteiger partial charge in [-0.05, 0) is 101 Å². The molecule has 0 saturated heterocycles. The van der Waals surface area contributed by atoms with E-state index >= 15 is 4.39 Å². The van der Waals surface area contributed by atoms with E-state index < -0.39 is 0 Å². The molecular weight excluding hydrogens is 546 g/mol. The molecule has 0 radical (unpaired) electrons. The summed E-state index contributed by atoms with van der Waals surface area (Å²) in [7, 11) is 1.39. The molecule has 0 fully saturated rings. The Labute approximate surface area is 212 Å². The van der Waals surface area contributed by atoms with Gasteiger partial charge in [-0.1, -0.05) is 12.1 Å². The number of rotatable bonds is 5. The number of hydrogen-bond acceptors (Lipinski definition) is 4. The van der Waals surface area contributed by atoms with Crippen LogP contribution in [0.3, 0.4) is 0 Å². The molecule has 0 spiro atoms. The number of hydrogen-bond donors (Lipinski definition) is 0. The number of aryl methyl sites for hydroxylation is 2. The minimum Gasteiger partial charge on any atom is -0.492 e. The van der Waals surface area contributed by atoms with Crippen molar-refractivity contribution in [3.63, 3.8) is 0 Å². The first kappa shape index (κ1) is 23.1. The van der Waals surface area contributed by atoms with E-state index in [1.807, 2.05) is 24.3 Å². The Morgan fingerprint density at radius 1 is 1.15 bits per heavy atom. The van der Waals surface area contributed by atoms with Crippen LogP contribution in [0.15, 0.2) is 42.5 Å². The largest absolute Gasteiger partial charge is 0.492 e. The normalized spacial score (nSPS) is 18.3. The maximum absolute atomic E-state index is 15.1. The zero-order valence-corrected chi connectivity index (χ0v) is 21.6. The van der Waals surface area contributed by atoms with Crippen molar-refractivity contribution in [2.45, 2.75) is 45.1 Å². The van der Waals surface area contributed by atoms with Gasteiger partial charge in [0.05, 0.1) is 20.1 Å². The van der Waals surface area contributed by atoms with Gasteiger partial charge in [0.2, 0.25) is 0 Å². The summed E-state index contributed by atoms with van der Waals surface area (Å²) in [6.45, 7) is 4.66. The molecule has 4 nitrogen and oxygen atoms in total. The Morgan fingerprint density at radius 3 is 2.65 bits per heavy atom. The molecule has 34 heavy (non-hydrogen) atoms. The average molecular weight is 572 g/mol. The second-order valence-corrected chi connectivity index (χ2v) is 10.3. The van der Waals surface area contributed by atoms with E-state index in [2.05, 4.69) is 48.6 Å². The summed E-state index contributed by atoms with van der Waals surface area (Å²) in [6, 6.07) is 13.5. The summed E-state index contributed by atoms with van der Waals surface area (Å²) < 4.78 is 33.2. The van der Waals surface area contributed by atoms with Crippen LogP contribution >= 0.6 is 22.6 Å².